The summed E-state index contributed by atoms with van der Waals surface area (Å²) in [5.41, 5.74) is -2.14. The number of hydrogen-bond acceptors (Lipinski definition) is 19. The minimum atomic E-state index is -1.22. The maximum absolute atomic E-state index is 14.4. The molecule has 450 valence electrons. The molecule has 0 unspecified atom stereocenters. The number of carbonyl (C=O) groups is 7. The van der Waals surface area contributed by atoms with Crippen LogP contribution in [0.15, 0.2) is 18.2 Å². The number of nitrogens with zero attached hydrogens (tertiary/aromatic N) is 10. The van der Waals surface area contributed by atoms with Crippen molar-refractivity contribution in [3.8, 4) is 0 Å². The molecule has 0 atom stereocenters. The van der Waals surface area contributed by atoms with E-state index in [1.54, 1.807) is 20.2 Å². The van der Waals surface area contributed by atoms with Gasteiger partial charge in [0.25, 0.3) is 0 Å². The topological polar surface area (TPSA) is 209 Å². The lowest BCUT2D eigenvalue weighted by Gasteiger charge is -2.34. The van der Waals surface area contributed by atoms with Crippen LogP contribution in [0, 0.1) is 0 Å². The number of esters is 4. The summed E-state index contributed by atoms with van der Waals surface area (Å²) in [5.74, 6) is -3.24. The predicted molar refractivity (Wildman–Crippen MR) is 306 cm³/mol. The monoisotopic (exact) mass is 1120 g/mol. The number of carboxylic acids is 1. The van der Waals surface area contributed by atoms with Crippen LogP contribution in [0.4, 0.5) is 11.4 Å². The van der Waals surface area contributed by atoms with Crippen molar-refractivity contribution in [2.45, 2.75) is 119 Å². The van der Waals surface area contributed by atoms with Crippen molar-refractivity contribution in [1.82, 2.24) is 39.2 Å². The van der Waals surface area contributed by atoms with Crippen LogP contribution in [0.1, 0.15) is 107 Å². The maximum atomic E-state index is 14.4. The fraction of sp³-hybridized carbons (Fsp3) is 0.772. The molecule has 2 aliphatic rings. The summed E-state index contributed by atoms with van der Waals surface area (Å²) < 4.78 is 22.7. The Hall–Kier alpha value is -4.81. The van der Waals surface area contributed by atoms with Gasteiger partial charge in [-0.25, -0.2) is 4.79 Å². The van der Waals surface area contributed by atoms with Crippen LogP contribution in [0.2, 0.25) is 0 Å². The molecule has 1 aromatic carbocycles. The van der Waals surface area contributed by atoms with Crippen LogP contribution in [0.5, 0.6) is 0 Å². The Morgan fingerprint density at radius 3 is 0.772 bits per heavy atom. The van der Waals surface area contributed by atoms with Gasteiger partial charge in [-0.2, -0.15) is 0 Å². The van der Waals surface area contributed by atoms with E-state index >= 15 is 0 Å². The molecular formula is C57H100N10O12. The van der Waals surface area contributed by atoms with Gasteiger partial charge in [0.1, 0.15) is 22.4 Å². The fourth-order valence-corrected chi connectivity index (χ4v) is 8.95. The van der Waals surface area contributed by atoms with Crippen LogP contribution < -0.4 is 9.80 Å². The number of benzene rings is 1. The molecule has 0 spiro atoms. The van der Waals surface area contributed by atoms with Crippen molar-refractivity contribution in [3.63, 3.8) is 0 Å². The Labute approximate surface area is 472 Å². The Morgan fingerprint density at radius 2 is 0.582 bits per heavy atom. The summed E-state index contributed by atoms with van der Waals surface area (Å²) in [7, 11) is 3.18. The van der Waals surface area contributed by atoms with E-state index in [2.05, 4.69) is 33.4 Å². The van der Waals surface area contributed by atoms with Gasteiger partial charge in [0, 0.05) is 130 Å². The molecular weight excluding hydrogens is 1020 g/mol. The highest BCUT2D eigenvalue weighted by molar-refractivity contribution is 6.00. The molecule has 2 aliphatic heterocycles. The van der Waals surface area contributed by atoms with Gasteiger partial charge in [-0.05, 0) is 114 Å². The van der Waals surface area contributed by atoms with E-state index in [4.69, 9.17) is 18.9 Å². The van der Waals surface area contributed by atoms with Crippen molar-refractivity contribution in [3.05, 3.63) is 23.8 Å². The third kappa shape index (κ3) is 28.0. The molecule has 2 saturated heterocycles. The molecule has 3 rings (SSSR count). The molecule has 1 aromatic rings. The van der Waals surface area contributed by atoms with Gasteiger partial charge in [0.2, 0.25) is 11.8 Å². The molecule has 1 N–H and O–H groups in total. The number of likely N-dealkylation sites (N-methyl/N-ethyl adjacent to an activating group) is 4. The maximum Gasteiger partial charge on any atom is 0.335 e. The van der Waals surface area contributed by atoms with Gasteiger partial charge in [0.15, 0.2) is 0 Å². The van der Waals surface area contributed by atoms with Gasteiger partial charge in [-0.3, -0.25) is 58.2 Å². The molecule has 2 amide bonds. The molecule has 2 heterocycles. The summed E-state index contributed by atoms with van der Waals surface area (Å²) in [4.78, 5) is 113. The zero-order valence-electron chi connectivity index (χ0n) is 51.1. The molecule has 2 fully saturated rings. The molecule has 0 bridgehead atoms. The zero-order chi connectivity index (χ0) is 59.5. The Morgan fingerprint density at radius 1 is 0.380 bits per heavy atom. The van der Waals surface area contributed by atoms with E-state index in [1.807, 2.05) is 103 Å². The molecule has 0 radical (unpaired) electrons. The number of carbonyl (C=O) groups excluding carboxylic acids is 6. The third-order valence-corrected chi connectivity index (χ3v) is 13.2. The summed E-state index contributed by atoms with van der Waals surface area (Å²) >= 11 is 0. The van der Waals surface area contributed by atoms with Gasteiger partial charge < -0.3 is 43.7 Å². The zero-order valence-corrected chi connectivity index (χ0v) is 51.1. The molecule has 79 heavy (non-hydrogen) atoms. The number of anilines is 2. The molecule has 0 aliphatic carbocycles. The van der Waals surface area contributed by atoms with Crippen molar-refractivity contribution >= 4 is 53.0 Å². The van der Waals surface area contributed by atoms with E-state index in [-0.39, 0.29) is 80.5 Å². The number of hydrogen-bond donors (Lipinski definition) is 1. The van der Waals surface area contributed by atoms with Gasteiger partial charge in [-0.1, -0.05) is 13.8 Å². The molecule has 22 heteroatoms. The van der Waals surface area contributed by atoms with Crippen molar-refractivity contribution in [1.29, 1.82) is 0 Å². The fourth-order valence-electron chi connectivity index (χ4n) is 8.95. The Bertz CT molecular complexity index is 2010. The van der Waals surface area contributed by atoms with Gasteiger partial charge in [0.05, 0.1) is 44.8 Å². The first-order valence-electron chi connectivity index (χ1n) is 28.2. The van der Waals surface area contributed by atoms with E-state index in [9.17, 15) is 38.7 Å². The summed E-state index contributed by atoms with van der Waals surface area (Å²) in [6.07, 6.45) is 0. The van der Waals surface area contributed by atoms with Crippen molar-refractivity contribution in [2.24, 2.45) is 0 Å². The minimum Gasteiger partial charge on any atom is -0.478 e. The van der Waals surface area contributed by atoms with Crippen LogP contribution in [-0.4, -0.2) is 280 Å². The van der Waals surface area contributed by atoms with Gasteiger partial charge in [-0.15, -0.1) is 0 Å². The number of rotatable bonds is 17. The molecule has 22 nitrogen and oxygen atoms in total. The first kappa shape index (κ1) is 68.5. The lowest BCUT2D eigenvalue weighted by Crippen LogP contribution is -2.50. The Balaban J connectivity index is 1.86. The standard InChI is InChI=1S/C57H100N10O12/c1-17-60-19-23-62(27-29-66(42-51(72)78-56(9,10)11)33-31-64(25-21-60)40-49(70)76-54(3,4)5)38-47(68)58(15)45-35-44(53(74)75)36-46(37-45)59(16)48(69)39-63-24-20-61(18-2)22-26-65(41-50(71)77-55(6,7)8)32-34-67(30-28-63)43-52(73)79-57(12,13)14/h35-37H,17-34,38-43H2,1-16H3,(H,74,75). The average molecular weight is 1120 g/mol. The number of ether oxygens (including phenoxy) is 4. The first-order chi connectivity index (χ1) is 36.6. The minimum absolute atomic E-state index is 0.0103. The van der Waals surface area contributed by atoms with E-state index in [1.165, 1.54) is 21.9 Å². The SMILES string of the molecule is CCN1CCN(CC(=O)OC(C)(C)C)CCN(CC(=O)OC(C)(C)C)CCN(CC(=O)N(C)c2cc(C(=O)O)cc(N(C)C(=O)CN3CCN(CC)CCN(CC(=O)OC(C)(C)C)CCN(CC(=O)OC(C)(C)C)CC3)c2)CC1. The average Bonchev–Trinajstić information content (AvgIpc) is 3.30. The van der Waals surface area contributed by atoms with E-state index in [0.717, 1.165) is 13.1 Å². The number of aromatic carboxylic acids is 1. The highest BCUT2D eigenvalue weighted by Gasteiger charge is 2.29. The summed E-state index contributed by atoms with van der Waals surface area (Å²) in [6, 6.07) is 4.49. The summed E-state index contributed by atoms with van der Waals surface area (Å²) in [5, 5.41) is 10.3. The third-order valence-electron chi connectivity index (χ3n) is 13.2. The first-order valence-corrected chi connectivity index (χ1v) is 28.2. The van der Waals surface area contributed by atoms with Crippen molar-refractivity contribution in [2.75, 3.05) is 181 Å². The van der Waals surface area contributed by atoms with E-state index in [0.29, 0.717) is 116 Å². The van der Waals surface area contributed by atoms with Crippen LogP contribution in [0.25, 0.3) is 0 Å². The van der Waals surface area contributed by atoms with Crippen LogP contribution in [0.3, 0.4) is 0 Å². The second-order valence-corrected chi connectivity index (χ2v) is 24.8. The van der Waals surface area contributed by atoms with E-state index < -0.39 is 28.4 Å². The predicted octanol–water partition coefficient (Wildman–Crippen LogP) is 3.16. The highest BCUT2D eigenvalue weighted by Crippen LogP contribution is 2.26. The second kappa shape index (κ2) is 31.4. The van der Waals surface area contributed by atoms with Crippen molar-refractivity contribution < 1.29 is 57.6 Å². The highest BCUT2D eigenvalue weighted by atomic mass is 16.6. The number of carboxylic acid groups (broad SMARTS) is 1. The summed E-state index contributed by atoms with van der Waals surface area (Å²) in [6.45, 7) is 36.0. The normalized spacial score (nSPS) is 18.2. The molecule has 0 aromatic heterocycles. The van der Waals surface area contributed by atoms with Gasteiger partial charge >= 0.3 is 29.8 Å². The molecule has 0 saturated carbocycles. The lowest BCUT2D eigenvalue weighted by atomic mass is 10.1. The smallest absolute Gasteiger partial charge is 0.335 e. The quantitative estimate of drug-likeness (QED) is 0.176. The van der Waals surface area contributed by atoms with Crippen LogP contribution >= 0.6 is 0 Å². The van der Waals surface area contributed by atoms with Crippen LogP contribution in [-0.2, 0) is 47.7 Å². The second-order valence-electron chi connectivity index (χ2n) is 24.8. The largest absolute Gasteiger partial charge is 0.478 e. The Kier molecular flexibility index (Phi) is 27.2. The lowest BCUT2D eigenvalue weighted by molar-refractivity contribution is -0.158. The number of amides is 2.